The summed E-state index contributed by atoms with van der Waals surface area (Å²) in [6.45, 7) is 0. The van der Waals surface area contributed by atoms with Gasteiger partial charge in [0.2, 0.25) is 0 Å². The molecule has 0 fully saturated rings. The van der Waals surface area contributed by atoms with Crippen LogP contribution in [0.3, 0.4) is 0 Å². The molecule has 0 bridgehead atoms. The molecule has 0 aliphatic carbocycles. The van der Waals surface area contributed by atoms with Crippen LogP contribution in [0, 0.1) is 22.7 Å². The van der Waals surface area contributed by atoms with Crippen LogP contribution in [-0.2, 0) is 0 Å². The summed E-state index contributed by atoms with van der Waals surface area (Å²) in [6.07, 6.45) is -4.94. The smallest absolute Gasteiger partial charge is 0.404 e. The maximum Gasteiger partial charge on any atom is 0.573 e. The summed E-state index contributed by atoms with van der Waals surface area (Å²) in [5.74, 6) is -0.939. The first-order chi connectivity index (χ1) is 11.2. The average molecular weight is 355 g/mol. The van der Waals surface area contributed by atoms with Crippen molar-refractivity contribution in [3.63, 3.8) is 0 Å². The number of aromatic nitrogens is 1. The van der Waals surface area contributed by atoms with Crippen LogP contribution in [0.4, 0.5) is 19.0 Å². The number of rotatable bonds is 2. The molecule has 0 amide bonds. The van der Waals surface area contributed by atoms with Crippen LogP contribution in [0.1, 0.15) is 11.1 Å². The molecule has 122 valence electrons. The van der Waals surface area contributed by atoms with Crippen LogP contribution in [0.2, 0.25) is 5.02 Å². The number of nitrogen functional groups attached to an aromatic ring is 1. The van der Waals surface area contributed by atoms with Crippen LogP contribution in [0.5, 0.6) is 5.75 Å². The Morgan fingerprint density at radius 3 is 2.33 bits per heavy atom. The normalized spacial score (nSPS) is 10.8. The lowest BCUT2D eigenvalue weighted by Gasteiger charge is -2.13. The van der Waals surface area contributed by atoms with Crippen LogP contribution in [0.25, 0.3) is 11.1 Å². The van der Waals surface area contributed by atoms with Gasteiger partial charge in [-0.3, -0.25) is 4.79 Å². The standard InChI is InChI=1S/C14H6ClF3N4O2/c15-9-3-6(1-2-10(9)24-14(16,17)18)11-7(4-19)12(21)22-13(23)8(11)5-20/h1-3H,(H3,21,22,23). The number of anilines is 1. The number of ether oxygens (including phenoxy) is 1. The lowest BCUT2D eigenvalue weighted by atomic mass is 9.96. The van der Waals surface area contributed by atoms with Crippen molar-refractivity contribution in [1.82, 2.24) is 4.98 Å². The zero-order valence-corrected chi connectivity index (χ0v) is 12.3. The highest BCUT2D eigenvalue weighted by molar-refractivity contribution is 6.32. The maximum absolute atomic E-state index is 12.3. The van der Waals surface area contributed by atoms with Crippen molar-refractivity contribution in [1.29, 1.82) is 10.5 Å². The summed E-state index contributed by atoms with van der Waals surface area (Å²) in [6, 6.07) is 6.44. The number of pyridine rings is 1. The van der Waals surface area contributed by atoms with Crippen molar-refractivity contribution in [2.45, 2.75) is 6.36 Å². The third-order valence-corrected chi connectivity index (χ3v) is 3.21. The Balaban J connectivity index is 2.70. The number of hydrogen-bond acceptors (Lipinski definition) is 5. The molecule has 24 heavy (non-hydrogen) atoms. The molecule has 0 radical (unpaired) electrons. The first kappa shape index (κ1) is 17.2. The molecule has 0 aliphatic rings. The van der Waals surface area contributed by atoms with Gasteiger partial charge in [0.1, 0.15) is 34.8 Å². The van der Waals surface area contributed by atoms with Gasteiger partial charge in [0.05, 0.1) is 5.02 Å². The van der Waals surface area contributed by atoms with Crippen molar-refractivity contribution in [3.8, 4) is 29.0 Å². The van der Waals surface area contributed by atoms with Crippen molar-refractivity contribution in [2.75, 3.05) is 5.73 Å². The average Bonchev–Trinajstić information content (AvgIpc) is 2.47. The zero-order valence-electron chi connectivity index (χ0n) is 11.5. The van der Waals surface area contributed by atoms with Gasteiger partial charge in [-0.2, -0.15) is 10.5 Å². The van der Waals surface area contributed by atoms with Gasteiger partial charge in [-0.15, -0.1) is 13.2 Å². The van der Waals surface area contributed by atoms with E-state index in [-0.39, 0.29) is 22.5 Å². The first-order valence-electron chi connectivity index (χ1n) is 6.09. The van der Waals surface area contributed by atoms with E-state index in [4.69, 9.17) is 22.6 Å². The Morgan fingerprint density at radius 1 is 1.21 bits per heavy atom. The van der Waals surface area contributed by atoms with E-state index in [0.29, 0.717) is 0 Å². The minimum Gasteiger partial charge on any atom is -0.404 e. The molecule has 3 N–H and O–H groups in total. The lowest BCUT2D eigenvalue weighted by molar-refractivity contribution is -0.274. The second-order valence-electron chi connectivity index (χ2n) is 4.41. The van der Waals surface area contributed by atoms with Crippen molar-refractivity contribution in [2.24, 2.45) is 0 Å². The third kappa shape index (κ3) is 3.26. The summed E-state index contributed by atoms with van der Waals surface area (Å²) < 4.78 is 40.5. The SMILES string of the molecule is N#Cc1c(N)[nH]c(=O)c(C#N)c1-c1ccc(OC(F)(F)F)c(Cl)c1. The molecule has 1 aromatic heterocycles. The van der Waals surface area contributed by atoms with E-state index in [1.807, 2.05) is 0 Å². The second-order valence-corrected chi connectivity index (χ2v) is 4.82. The second kappa shape index (κ2) is 6.14. The molecule has 10 heteroatoms. The fourth-order valence-corrected chi connectivity index (χ4v) is 2.21. The van der Waals surface area contributed by atoms with Gasteiger partial charge in [-0.05, 0) is 17.7 Å². The molecule has 0 unspecified atom stereocenters. The fourth-order valence-electron chi connectivity index (χ4n) is 2.00. The quantitative estimate of drug-likeness (QED) is 0.860. The minimum absolute atomic E-state index is 0.0698. The fraction of sp³-hybridized carbons (Fsp3) is 0.0714. The molecule has 2 aromatic rings. The van der Waals surface area contributed by atoms with Crippen LogP contribution < -0.4 is 16.0 Å². The van der Waals surface area contributed by atoms with Gasteiger partial charge >= 0.3 is 6.36 Å². The molecule has 6 nitrogen and oxygen atoms in total. The van der Waals surface area contributed by atoms with E-state index in [0.717, 1.165) is 18.2 Å². The molecule has 1 heterocycles. The molecular formula is C14H6ClF3N4O2. The van der Waals surface area contributed by atoms with Crippen LogP contribution >= 0.6 is 11.6 Å². The summed E-state index contributed by atoms with van der Waals surface area (Å²) in [4.78, 5) is 13.9. The van der Waals surface area contributed by atoms with E-state index < -0.39 is 28.3 Å². The zero-order chi connectivity index (χ0) is 18.1. The molecule has 0 atom stereocenters. The van der Waals surface area contributed by atoms with Crippen molar-refractivity contribution in [3.05, 3.63) is 44.7 Å². The third-order valence-electron chi connectivity index (χ3n) is 2.91. The van der Waals surface area contributed by atoms with Gasteiger partial charge in [0, 0.05) is 5.56 Å². The molecule has 0 saturated heterocycles. The monoisotopic (exact) mass is 354 g/mol. The van der Waals surface area contributed by atoms with Gasteiger partial charge in [-0.1, -0.05) is 17.7 Å². The summed E-state index contributed by atoms with van der Waals surface area (Å²) >= 11 is 5.75. The number of H-pyrrole nitrogens is 1. The predicted octanol–water partition coefficient (Wildman–Crippen LogP) is 2.92. The Bertz CT molecular complexity index is 955. The maximum atomic E-state index is 12.3. The first-order valence-corrected chi connectivity index (χ1v) is 6.47. The number of hydrogen-bond donors (Lipinski definition) is 2. The Morgan fingerprint density at radius 2 is 1.83 bits per heavy atom. The van der Waals surface area contributed by atoms with Crippen molar-refractivity contribution >= 4 is 17.4 Å². The summed E-state index contributed by atoms with van der Waals surface area (Å²) in [5, 5.41) is 17.9. The lowest BCUT2D eigenvalue weighted by Crippen LogP contribution is -2.17. The van der Waals surface area contributed by atoms with Crippen LogP contribution in [-0.4, -0.2) is 11.3 Å². The highest BCUT2D eigenvalue weighted by atomic mass is 35.5. The van der Waals surface area contributed by atoms with Crippen LogP contribution in [0.15, 0.2) is 23.0 Å². The van der Waals surface area contributed by atoms with E-state index in [9.17, 15) is 23.2 Å². The number of nitriles is 2. The largest absolute Gasteiger partial charge is 0.573 e. The molecule has 0 saturated carbocycles. The Kier molecular flexibility index (Phi) is 4.40. The van der Waals surface area contributed by atoms with Gasteiger partial charge in [0.15, 0.2) is 0 Å². The number of aromatic amines is 1. The van der Waals surface area contributed by atoms with Gasteiger partial charge in [0.25, 0.3) is 5.56 Å². The summed E-state index contributed by atoms with van der Waals surface area (Å²) in [5.41, 5.74) is 4.04. The number of benzene rings is 1. The molecule has 2 rings (SSSR count). The molecule has 0 spiro atoms. The summed E-state index contributed by atoms with van der Waals surface area (Å²) in [7, 11) is 0. The van der Waals surface area contributed by atoms with E-state index >= 15 is 0 Å². The minimum atomic E-state index is -4.94. The van der Waals surface area contributed by atoms with Crippen molar-refractivity contribution < 1.29 is 17.9 Å². The molecule has 0 aliphatic heterocycles. The van der Waals surface area contributed by atoms with E-state index in [1.165, 1.54) is 0 Å². The Labute approximate surface area is 137 Å². The Hall–Kier alpha value is -3.17. The molecule has 1 aromatic carbocycles. The molecular weight excluding hydrogens is 349 g/mol. The van der Waals surface area contributed by atoms with E-state index in [1.54, 1.807) is 12.1 Å². The topological polar surface area (TPSA) is 116 Å². The number of alkyl halides is 3. The van der Waals surface area contributed by atoms with Gasteiger partial charge < -0.3 is 15.5 Å². The van der Waals surface area contributed by atoms with Gasteiger partial charge in [-0.25, -0.2) is 0 Å². The van der Waals surface area contributed by atoms with E-state index in [2.05, 4.69) is 9.72 Å². The highest BCUT2D eigenvalue weighted by Gasteiger charge is 2.32. The number of halogens is 4. The number of nitrogens with two attached hydrogens (primary N) is 1. The highest BCUT2D eigenvalue weighted by Crippen LogP contribution is 2.36. The predicted molar refractivity (Wildman–Crippen MR) is 78.0 cm³/mol. The number of nitrogens with one attached hydrogen (secondary N) is 1. The number of nitrogens with zero attached hydrogens (tertiary/aromatic N) is 2.